The Morgan fingerprint density at radius 3 is 2.88 bits per heavy atom. The van der Waals surface area contributed by atoms with Crippen LogP contribution in [0, 0.1) is 5.82 Å². The minimum absolute atomic E-state index is 0.0715. The summed E-state index contributed by atoms with van der Waals surface area (Å²) in [7, 11) is 1.82. The molecule has 1 heterocycles. The van der Waals surface area contributed by atoms with Crippen LogP contribution in [0.5, 0.6) is 5.75 Å². The van der Waals surface area contributed by atoms with E-state index >= 15 is 0 Å². The Bertz CT molecular complexity index is 475. The molecule has 1 aromatic heterocycles. The molecule has 0 aliphatic carbocycles. The number of phenols is 1. The summed E-state index contributed by atoms with van der Waals surface area (Å²) in [5, 5.41) is 16.4. The summed E-state index contributed by atoms with van der Waals surface area (Å²) in [6.45, 7) is 0.419. The van der Waals surface area contributed by atoms with Crippen LogP contribution in [0.4, 0.5) is 10.2 Å². The van der Waals surface area contributed by atoms with Crippen LogP contribution < -0.4 is 5.32 Å². The lowest BCUT2D eigenvalue weighted by atomic mass is 10.2. The zero-order valence-electron chi connectivity index (χ0n) is 8.81. The van der Waals surface area contributed by atoms with Crippen LogP contribution in [0.15, 0.2) is 30.5 Å². The number of hydrogen-bond donors (Lipinski definition) is 2. The number of nitrogens with zero attached hydrogens (tertiary/aromatic N) is 2. The Balaban J connectivity index is 2.04. The number of aromatic hydroxyl groups is 1. The second-order valence-electron chi connectivity index (χ2n) is 3.55. The molecule has 2 aromatic rings. The van der Waals surface area contributed by atoms with Gasteiger partial charge in [-0.15, -0.1) is 0 Å². The van der Waals surface area contributed by atoms with Gasteiger partial charge >= 0.3 is 0 Å². The lowest BCUT2D eigenvalue weighted by Crippen LogP contribution is -2.01. The van der Waals surface area contributed by atoms with Gasteiger partial charge in [0.05, 0.1) is 0 Å². The summed E-state index contributed by atoms with van der Waals surface area (Å²) < 4.78 is 14.6. The van der Waals surface area contributed by atoms with Crippen LogP contribution in [0.25, 0.3) is 0 Å². The van der Waals surface area contributed by atoms with Gasteiger partial charge in [0.2, 0.25) is 0 Å². The molecular formula is C11H12FN3O. The Morgan fingerprint density at radius 1 is 1.44 bits per heavy atom. The van der Waals surface area contributed by atoms with E-state index in [4.69, 9.17) is 0 Å². The van der Waals surface area contributed by atoms with Gasteiger partial charge in [0.25, 0.3) is 0 Å². The molecule has 0 fully saturated rings. The van der Waals surface area contributed by atoms with E-state index in [1.807, 2.05) is 19.3 Å². The minimum Gasteiger partial charge on any atom is -0.508 e. The van der Waals surface area contributed by atoms with Gasteiger partial charge in [-0.1, -0.05) is 0 Å². The number of hydrogen-bond acceptors (Lipinski definition) is 3. The smallest absolute Gasteiger partial charge is 0.148 e. The van der Waals surface area contributed by atoms with E-state index in [1.165, 1.54) is 12.1 Å². The normalized spacial score (nSPS) is 10.4. The first kappa shape index (κ1) is 10.5. The van der Waals surface area contributed by atoms with E-state index in [-0.39, 0.29) is 5.75 Å². The fraction of sp³-hybridized carbons (Fsp3) is 0.182. The Labute approximate surface area is 92.3 Å². The number of aryl methyl sites for hydroxylation is 1. The second-order valence-corrected chi connectivity index (χ2v) is 3.55. The van der Waals surface area contributed by atoms with E-state index in [9.17, 15) is 9.50 Å². The zero-order chi connectivity index (χ0) is 11.5. The molecule has 16 heavy (non-hydrogen) atoms. The molecule has 0 unspecified atom stereocenters. The van der Waals surface area contributed by atoms with Gasteiger partial charge in [0.15, 0.2) is 0 Å². The van der Waals surface area contributed by atoms with Crippen molar-refractivity contribution in [3.05, 3.63) is 41.8 Å². The molecule has 0 saturated heterocycles. The number of benzene rings is 1. The first-order valence-electron chi connectivity index (χ1n) is 4.85. The van der Waals surface area contributed by atoms with Crippen LogP contribution in [-0.4, -0.2) is 14.9 Å². The van der Waals surface area contributed by atoms with Gasteiger partial charge in [-0.05, 0) is 17.7 Å². The summed E-state index contributed by atoms with van der Waals surface area (Å²) in [6, 6.07) is 5.78. The van der Waals surface area contributed by atoms with Crippen LogP contribution in [0.3, 0.4) is 0 Å². The maximum atomic E-state index is 13.0. The Hall–Kier alpha value is -2.04. The number of nitrogens with one attached hydrogen (secondary N) is 1. The van der Waals surface area contributed by atoms with E-state index < -0.39 is 5.82 Å². The zero-order valence-corrected chi connectivity index (χ0v) is 8.81. The highest BCUT2D eigenvalue weighted by atomic mass is 19.1. The fourth-order valence-electron chi connectivity index (χ4n) is 1.44. The molecule has 0 radical (unpaired) electrons. The summed E-state index contributed by atoms with van der Waals surface area (Å²) in [5.41, 5.74) is 0.670. The van der Waals surface area contributed by atoms with Crippen molar-refractivity contribution >= 4 is 5.82 Å². The van der Waals surface area contributed by atoms with Crippen molar-refractivity contribution in [2.45, 2.75) is 6.54 Å². The van der Waals surface area contributed by atoms with Gasteiger partial charge in [0, 0.05) is 31.9 Å². The SMILES string of the molecule is Cn1ccc(NCc2cc(O)cc(F)c2)n1. The topological polar surface area (TPSA) is 50.1 Å². The highest BCUT2D eigenvalue weighted by Crippen LogP contribution is 2.15. The van der Waals surface area contributed by atoms with E-state index in [0.29, 0.717) is 17.9 Å². The van der Waals surface area contributed by atoms with E-state index in [2.05, 4.69) is 10.4 Å². The van der Waals surface area contributed by atoms with Gasteiger partial charge < -0.3 is 10.4 Å². The molecule has 1 aromatic carbocycles. The summed E-state index contributed by atoms with van der Waals surface area (Å²) in [5.74, 6) is 0.196. The van der Waals surface area contributed by atoms with Gasteiger partial charge in [-0.25, -0.2) is 4.39 Å². The van der Waals surface area contributed by atoms with Gasteiger partial charge in [0.1, 0.15) is 17.4 Å². The average molecular weight is 221 g/mol. The lowest BCUT2D eigenvalue weighted by Gasteiger charge is -2.04. The Morgan fingerprint density at radius 2 is 2.25 bits per heavy atom. The largest absolute Gasteiger partial charge is 0.508 e. The molecular weight excluding hydrogens is 209 g/mol. The predicted molar refractivity (Wildman–Crippen MR) is 58.6 cm³/mol. The van der Waals surface area contributed by atoms with Crippen molar-refractivity contribution < 1.29 is 9.50 Å². The van der Waals surface area contributed by atoms with Crippen LogP contribution in [0.2, 0.25) is 0 Å². The highest BCUT2D eigenvalue weighted by molar-refractivity contribution is 5.35. The van der Waals surface area contributed by atoms with Crippen molar-refractivity contribution in [1.29, 1.82) is 0 Å². The summed E-state index contributed by atoms with van der Waals surface area (Å²) in [4.78, 5) is 0. The van der Waals surface area contributed by atoms with Crippen LogP contribution in [0.1, 0.15) is 5.56 Å². The molecule has 0 bridgehead atoms. The van der Waals surface area contributed by atoms with Crippen molar-refractivity contribution in [1.82, 2.24) is 9.78 Å². The van der Waals surface area contributed by atoms with E-state index in [1.54, 1.807) is 4.68 Å². The van der Waals surface area contributed by atoms with Crippen molar-refractivity contribution in [2.75, 3.05) is 5.32 Å². The van der Waals surface area contributed by atoms with Gasteiger partial charge in [-0.2, -0.15) is 5.10 Å². The third-order valence-electron chi connectivity index (χ3n) is 2.13. The first-order valence-corrected chi connectivity index (χ1v) is 4.85. The Kier molecular flexibility index (Phi) is 2.76. The molecule has 4 nitrogen and oxygen atoms in total. The maximum absolute atomic E-state index is 13.0. The minimum atomic E-state index is -0.446. The summed E-state index contributed by atoms with van der Waals surface area (Å²) in [6.07, 6.45) is 1.81. The monoisotopic (exact) mass is 221 g/mol. The molecule has 0 spiro atoms. The highest BCUT2D eigenvalue weighted by Gasteiger charge is 2.01. The molecule has 0 aliphatic heterocycles. The maximum Gasteiger partial charge on any atom is 0.148 e. The number of phenolic OH excluding ortho intramolecular Hbond substituents is 1. The van der Waals surface area contributed by atoms with Gasteiger partial charge in [-0.3, -0.25) is 4.68 Å². The quantitative estimate of drug-likeness (QED) is 0.832. The molecule has 2 rings (SSSR count). The number of halogens is 1. The third kappa shape index (κ3) is 2.50. The lowest BCUT2D eigenvalue weighted by molar-refractivity contribution is 0.468. The van der Waals surface area contributed by atoms with Crippen LogP contribution in [-0.2, 0) is 13.6 Å². The standard InChI is InChI=1S/C11H12FN3O/c1-15-3-2-11(14-15)13-7-8-4-9(12)6-10(16)5-8/h2-6,16H,7H2,1H3,(H,13,14). The van der Waals surface area contributed by atoms with Crippen LogP contribution >= 0.6 is 0 Å². The third-order valence-corrected chi connectivity index (χ3v) is 2.13. The molecule has 84 valence electrons. The number of aromatic nitrogens is 2. The van der Waals surface area contributed by atoms with Crippen molar-refractivity contribution in [3.8, 4) is 5.75 Å². The summed E-state index contributed by atoms with van der Waals surface area (Å²) >= 11 is 0. The molecule has 0 amide bonds. The van der Waals surface area contributed by atoms with Crippen molar-refractivity contribution in [3.63, 3.8) is 0 Å². The molecule has 0 saturated carbocycles. The van der Waals surface area contributed by atoms with E-state index in [0.717, 1.165) is 6.07 Å². The second kappa shape index (κ2) is 4.22. The fourth-order valence-corrected chi connectivity index (χ4v) is 1.44. The molecule has 2 N–H and O–H groups in total. The first-order chi connectivity index (χ1) is 7.63. The average Bonchev–Trinajstić information content (AvgIpc) is 2.60. The molecule has 0 aliphatic rings. The molecule has 5 heteroatoms. The predicted octanol–water partition coefficient (Wildman–Crippen LogP) is 1.88. The number of anilines is 1. The van der Waals surface area contributed by atoms with Crippen molar-refractivity contribution in [2.24, 2.45) is 7.05 Å². The number of rotatable bonds is 3. The molecule has 0 atom stereocenters.